The first-order valence-electron chi connectivity index (χ1n) is 5.81. The molecule has 0 heterocycles. The van der Waals surface area contributed by atoms with Gasteiger partial charge >= 0.3 is 0 Å². The predicted octanol–water partition coefficient (Wildman–Crippen LogP) is 2.54. The average Bonchev–Trinajstić information content (AvgIpc) is 2.25. The summed E-state index contributed by atoms with van der Waals surface area (Å²) < 4.78 is 0. The number of nitrogen functional groups attached to an aromatic ring is 1. The fourth-order valence-electron chi connectivity index (χ4n) is 1.49. The van der Waals surface area contributed by atoms with Crippen LogP contribution >= 0.6 is 0 Å². The summed E-state index contributed by atoms with van der Waals surface area (Å²) in [7, 11) is 0. The zero-order valence-electron chi connectivity index (χ0n) is 10.7. The van der Waals surface area contributed by atoms with Crippen LogP contribution in [0.25, 0.3) is 6.08 Å². The van der Waals surface area contributed by atoms with Crippen molar-refractivity contribution in [3.63, 3.8) is 0 Å². The Labute approximate surface area is 103 Å². The lowest BCUT2D eigenvalue weighted by molar-refractivity contribution is -0.118. The minimum Gasteiger partial charge on any atom is -0.398 e. The van der Waals surface area contributed by atoms with E-state index in [1.807, 2.05) is 24.3 Å². The van der Waals surface area contributed by atoms with E-state index in [0.717, 1.165) is 11.3 Å². The largest absolute Gasteiger partial charge is 0.398 e. The summed E-state index contributed by atoms with van der Waals surface area (Å²) in [4.78, 5) is 10.7. The van der Waals surface area contributed by atoms with Crippen LogP contribution in [0.1, 0.15) is 37.8 Å². The van der Waals surface area contributed by atoms with E-state index in [9.17, 15) is 4.79 Å². The molecule has 1 aromatic rings. The predicted molar refractivity (Wildman–Crippen MR) is 72.7 cm³/mol. The number of hydrogen-bond acceptors (Lipinski definition) is 2. The maximum absolute atomic E-state index is 10.7. The van der Waals surface area contributed by atoms with Crippen molar-refractivity contribution in [1.82, 2.24) is 5.32 Å². The highest BCUT2D eigenvalue weighted by Crippen LogP contribution is 2.21. The maximum atomic E-state index is 10.7. The molecule has 17 heavy (non-hydrogen) atoms. The number of nitrogens with two attached hydrogens (primary N) is 1. The van der Waals surface area contributed by atoms with Crippen molar-refractivity contribution in [3.8, 4) is 0 Å². The molecule has 0 bridgehead atoms. The topological polar surface area (TPSA) is 55.1 Å². The zero-order valence-corrected chi connectivity index (χ0v) is 10.7. The lowest BCUT2D eigenvalue weighted by Gasteiger charge is -2.08. The van der Waals surface area contributed by atoms with Gasteiger partial charge in [-0.1, -0.05) is 32.1 Å². The summed E-state index contributed by atoms with van der Waals surface area (Å²) in [5.74, 6) is 0.455. The third-order valence-corrected chi connectivity index (χ3v) is 2.54. The number of nitrogens with one attached hydrogen (secondary N) is 1. The van der Waals surface area contributed by atoms with Gasteiger partial charge in [-0.3, -0.25) is 4.79 Å². The molecule has 0 saturated carbocycles. The third kappa shape index (κ3) is 4.31. The van der Waals surface area contributed by atoms with E-state index in [-0.39, 0.29) is 5.91 Å². The highest BCUT2D eigenvalue weighted by atomic mass is 16.1. The molecule has 0 atom stereocenters. The maximum Gasteiger partial charge on any atom is 0.217 e. The standard InChI is InChI=1S/C14H20N2O/c1-10(2)12-6-7-14(15)13(9-12)5-4-8-16-11(3)17/h4-7,9-10H,8,15H2,1-3H3,(H,16,17). The van der Waals surface area contributed by atoms with Gasteiger partial charge in [-0.2, -0.15) is 0 Å². The van der Waals surface area contributed by atoms with Gasteiger partial charge in [0.1, 0.15) is 0 Å². The van der Waals surface area contributed by atoms with E-state index in [1.54, 1.807) is 0 Å². The molecule has 0 aliphatic heterocycles. The van der Waals surface area contributed by atoms with Crippen LogP contribution in [-0.4, -0.2) is 12.5 Å². The van der Waals surface area contributed by atoms with E-state index < -0.39 is 0 Å². The molecule has 1 amide bonds. The SMILES string of the molecule is CC(=O)NCC=Cc1cc(C(C)C)ccc1N. The molecule has 0 unspecified atom stereocenters. The highest BCUT2D eigenvalue weighted by Gasteiger charge is 2.01. The normalized spacial score (nSPS) is 11.1. The van der Waals surface area contributed by atoms with Gasteiger partial charge in [0.05, 0.1) is 0 Å². The monoisotopic (exact) mass is 232 g/mol. The second-order valence-electron chi connectivity index (χ2n) is 4.38. The molecule has 3 nitrogen and oxygen atoms in total. The molecule has 0 aromatic heterocycles. The Morgan fingerprint density at radius 3 is 2.76 bits per heavy atom. The van der Waals surface area contributed by atoms with Gasteiger partial charge in [0.15, 0.2) is 0 Å². The van der Waals surface area contributed by atoms with Crippen molar-refractivity contribution in [3.05, 3.63) is 35.4 Å². The molecule has 92 valence electrons. The summed E-state index contributed by atoms with van der Waals surface area (Å²) in [6.45, 7) is 6.33. The van der Waals surface area contributed by atoms with Gasteiger partial charge < -0.3 is 11.1 Å². The molecule has 1 rings (SSSR count). The van der Waals surface area contributed by atoms with E-state index in [1.165, 1.54) is 12.5 Å². The first-order valence-corrected chi connectivity index (χ1v) is 5.81. The summed E-state index contributed by atoms with van der Waals surface area (Å²) in [6, 6.07) is 6.06. The fraction of sp³-hybridized carbons (Fsp3) is 0.357. The quantitative estimate of drug-likeness (QED) is 0.784. The molecule has 0 spiro atoms. The molecule has 3 N–H and O–H groups in total. The van der Waals surface area contributed by atoms with Gasteiger partial charge in [0.25, 0.3) is 0 Å². The second-order valence-corrected chi connectivity index (χ2v) is 4.38. The van der Waals surface area contributed by atoms with Crippen LogP contribution in [0.15, 0.2) is 24.3 Å². The van der Waals surface area contributed by atoms with Gasteiger partial charge in [0, 0.05) is 19.2 Å². The smallest absolute Gasteiger partial charge is 0.217 e. The first-order chi connectivity index (χ1) is 8.00. The van der Waals surface area contributed by atoms with Crippen molar-refractivity contribution < 1.29 is 4.79 Å². The van der Waals surface area contributed by atoms with E-state index >= 15 is 0 Å². The van der Waals surface area contributed by atoms with Crippen molar-refractivity contribution in [2.75, 3.05) is 12.3 Å². The summed E-state index contributed by atoms with van der Waals surface area (Å²) >= 11 is 0. The van der Waals surface area contributed by atoms with Gasteiger partial charge in [-0.05, 0) is 29.2 Å². The second kappa shape index (κ2) is 6.09. The molecule has 0 aliphatic carbocycles. The van der Waals surface area contributed by atoms with Gasteiger partial charge in [-0.15, -0.1) is 0 Å². The zero-order chi connectivity index (χ0) is 12.8. The minimum atomic E-state index is -0.0291. The number of hydrogen-bond donors (Lipinski definition) is 2. The molecule has 0 fully saturated rings. The average molecular weight is 232 g/mol. The van der Waals surface area contributed by atoms with Crippen molar-refractivity contribution >= 4 is 17.7 Å². The molecule has 0 saturated heterocycles. The van der Waals surface area contributed by atoms with Crippen molar-refractivity contribution in [2.24, 2.45) is 0 Å². The van der Waals surface area contributed by atoms with Crippen LogP contribution in [0.3, 0.4) is 0 Å². The Morgan fingerprint density at radius 1 is 1.47 bits per heavy atom. The lowest BCUT2D eigenvalue weighted by Crippen LogP contribution is -2.19. The number of anilines is 1. The van der Waals surface area contributed by atoms with E-state index in [4.69, 9.17) is 5.73 Å². The molecule has 0 aliphatic rings. The number of rotatable bonds is 4. The Morgan fingerprint density at radius 2 is 2.18 bits per heavy atom. The van der Waals surface area contributed by atoms with Crippen LogP contribution in [0, 0.1) is 0 Å². The Bertz CT molecular complexity index is 422. The minimum absolute atomic E-state index is 0.0291. The molecule has 3 heteroatoms. The first kappa shape index (κ1) is 13.3. The van der Waals surface area contributed by atoms with Crippen molar-refractivity contribution in [1.29, 1.82) is 0 Å². The summed E-state index contributed by atoms with van der Waals surface area (Å²) in [5.41, 5.74) is 8.91. The summed E-state index contributed by atoms with van der Waals surface area (Å²) in [5, 5.41) is 2.71. The number of carbonyl (C=O) groups is 1. The van der Waals surface area contributed by atoms with Gasteiger partial charge in [-0.25, -0.2) is 0 Å². The van der Waals surface area contributed by atoms with Crippen LogP contribution in [-0.2, 0) is 4.79 Å². The Balaban J connectivity index is 2.75. The van der Waals surface area contributed by atoms with Crippen LogP contribution in [0.4, 0.5) is 5.69 Å². The van der Waals surface area contributed by atoms with E-state index in [0.29, 0.717) is 12.5 Å². The molecule has 1 aromatic carbocycles. The number of carbonyl (C=O) groups excluding carboxylic acids is 1. The lowest BCUT2D eigenvalue weighted by atomic mass is 9.99. The summed E-state index contributed by atoms with van der Waals surface area (Å²) in [6.07, 6.45) is 3.84. The molecular formula is C14H20N2O. The third-order valence-electron chi connectivity index (χ3n) is 2.54. The van der Waals surface area contributed by atoms with Crippen LogP contribution < -0.4 is 11.1 Å². The number of benzene rings is 1. The van der Waals surface area contributed by atoms with E-state index in [2.05, 4.69) is 25.2 Å². The van der Waals surface area contributed by atoms with Crippen LogP contribution in [0.2, 0.25) is 0 Å². The van der Waals surface area contributed by atoms with Gasteiger partial charge in [0.2, 0.25) is 5.91 Å². The molecule has 0 radical (unpaired) electrons. The highest BCUT2D eigenvalue weighted by molar-refractivity contribution is 5.73. The Kier molecular flexibility index (Phi) is 4.76. The number of amides is 1. The van der Waals surface area contributed by atoms with Crippen molar-refractivity contribution in [2.45, 2.75) is 26.7 Å². The van der Waals surface area contributed by atoms with Crippen LogP contribution in [0.5, 0.6) is 0 Å². The fourth-order valence-corrected chi connectivity index (χ4v) is 1.49. The Hall–Kier alpha value is -1.77. The molecular weight excluding hydrogens is 212 g/mol.